The number of benzene rings is 3. The number of hydrogen-bond donors (Lipinski definition) is 2. The zero-order valence-corrected chi connectivity index (χ0v) is 22.9. The van der Waals surface area contributed by atoms with Crippen molar-refractivity contribution in [2.24, 2.45) is 0 Å². The molecule has 1 fully saturated rings. The quantitative estimate of drug-likeness (QED) is 0.301. The number of anilines is 2. The maximum atomic E-state index is 13.5. The van der Waals surface area contributed by atoms with Gasteiger partial charge < -0.3 is 14.8 Å². The van der Waals surface area contributed by atoms with Gasteiger partial charge in [0.15, 0.2) is 0 Å². The highest BCUT2D eigenvalue weighted by atomic mass is 35.5. The first-order valence-corrected chi connectivity index (χ1v) is 13.4. The molecule has 2 aliphatic rings. The van der Waals surface area contributed by atoms with E-state index in [1.807, 2.05) is 19.2 Å². The maximum absolute atomic E-state index is 13.5. The van der Waals surface area contributed by atoms with Crippen molar-refractivity contribution in [3.8, 4) is 5.75 Å². The molecule has 2 N–H and O–H groups in total. The Balaban J connectivity index is 1.31. The van der Waals surface area contributed by atoms with Gasteiger partial charge in [0.25, 0.3) is 5.91 Å². The standard InChI is InChI=1S/C29H29ClN4O6/c1-31-11-13-39-12-10-17-6-7-19(15-22(17)30)33(2)29(38)40-20-14-18-4-3-5-23-26(18)21(16-20)28(37)34(23)24-8-9-25(35)32-27(24)36/h3-7,14-16,24,31H,8-13H2,1-2H3,(H,32,35,36). The molecule has 1 unspecified atom stereocenters. The van der Waals surface area contributed by atoms with Gasteiger partial charge in [-0.3, -0.25) is 29.5 Å². The third kappa shape index (κ3) is 5.38. The molecule has 0 saturated carbocycles. The molecule has 0 aromatic heterocycles. The van der Waals surface area contributed by atoms with Gasteiger partial charge in [-0.25, -0.2) is 4.79 Å². The fourth-order valence-electron chi connectivity index (χ4n) is 4.97. The lowest BCUT2D eigenvalue weighted by Crippen LogP contribution is -2.53. The summed E-state index contributed by atoms with van der Waals surface area (Å²) in [6.07, 6.45) is 0.368. The molecule has 40 heavy (non-hydrogen) atoms. The molecular weight excluding hydrogens is 536 g/mol. The fourth-order valence-corrected chi connectivity index (χ4v) is 5.24. The number of halogens is 1. The Kier molecular flexibility index (Phi) is 8.02. The molecule has 1 saturated heterocycles. The SMILES string of the molecule is CNCCOCCc1ccc(N(C)C(=O)Oc2cc3c4c(cccc4c2)N(C2CCC(=O)NC2=O)C3=O)cc1Cl. The molecule has 10 nitrogen and oxygen atoms in total. The number of carbonyl (C=O) groups is 4. The smallest absolute Gasteiger partial charge is 0.410 e. The van der Waals surface area contributed by atoms with Crippen LogP contribution >= 0.6 is 11.6 Å². The van der Waals surface area contributed by atoms with Crippen LogP contribution in [0.5, 0.6) is 5.75 Å². The van der Waals surface area contributed by atoms with Crippen LogP contribution in [0.3, 0.4) is 0 Å². The Hall–Kier alpha value is -3.99. The minimum atomic E-state index is -0.798. The van der Waals surface area contributed by atoms with E-state index >= 15 is 0 Å². The van der Waals surface area contributed by atoms with Crippen molar-refractivity contribution in [1.29, 1.82) is 0 Å². The van der Waals surface area contributed by atoms with Gasteiger partial charge in [0, 0.05) is 36.1 Å². The lowest BCUT2D eigenvalue weighted by Gasteiger charge is -2.30. The molecule has 0 spiro atoms. The van der Waals surface area contributed by atoms with E-state index in [9.17, 15) is 19.2 Å². The lowest BCUT2D eigenvalue weighted by molar-refractivity contribution is -0.134. The first-order chi connectivity index (χ1) is 19.3. The van der Waals surface area contributed by atoms with Crippen molar-refractivity contribution < 1.29 is 28.7 Å². The van der Waals surface area contributed by atoms with E-state index in [2.05, 4.69) is 10.6 Å². The first-order valence-electron chi connectivity index (χ1n) is 13.0. The summed E-state index contributed by atoms with van der Waals surface area (Å²) in [5.41, 5.74) is 2.36. The maximum Gasteiger partial charge on any atom is 0.419 e. The normalized spacial score (nSPS) is 16.4. The van der Waals surface area contributed by atoms with Crippen LogP contribution in [0.25, 0.3) is 10.8 Å². The van der Waals surface area contributed by atoms with E-state index in [-0.39, 0.29) is 30.4 Å². The van der Waals surface area contributed by atoms with Crippen molar-refractivity contribution in [3.05, 3.63) is 64.7 Å². The Morgan fingerprint density at radius 2 is 1.98 bits per heavy atom. The molecule has 5 rings (SSSR count). The average Bonchev–Trinajstić information content (AvgIpc) is 3.21. The van der Waals surface area contributed by atoms with E-state index in [0.29, 0.717) is 52.4 Å². The van der Waals surface area contributed by atoms with E-state index in [1.165, 1.54) is 15.9 Å². The highest BCUT2D eigenvalue weighted by Gasteiger charge is 2.41. The lowest BCUT2D eigenvalue weighted by atomic mass is 10.0. The summed E-state index contributed by atoms with van der Waals surface area (Å²) in [6.45, 7) is 1.91. The second-order valence-corrected chi connectivity index (χ2v) is 10.1. The van der Waals surface area contributed by atoms with Crippen LogP contribution in [0.4, 0.5) is 16.2 Å². The number of ether oxygens (including phenoxy) is 2. The number of nitrogens with zero attached hydrogens (tertiary/aromatic N) is 2. The number of likely N-dealkylation sites (N-methyl/N-ethyl adjacent to an activating group) is 1. The Bertz CT molecular complexity index is 1510. The van der Waals surface area contributed by atoms with Gasteiger partial charge in [-0.15, -0.1) is 0 Å². The van der Waals surface area contributed by atoms with Gasteiger partial charge in [-0.05, 0) is 61.2 Å². The van der Waals surface area contributed by atoms with Crippen LogP contribution in [0.15, 0.2) is 48.5 Å². The van der Waals surface area contributed by atoms with Crippen molar-refractivity contribution >= 4 is 57.6 Å². The summed E-state index contributed by atoms with van der Waals surface area (Å²) in [5, 5.41) is 7.20. The number of carbonyl (C=O) groups excluding carboxylic acids is 4. The average molecular weight is 565 g/mol. The van der Waals surface area contributed by atoms with Gasteiger partial charge in [-0.2, -0.15) is 0 Å². The summed E-state index contributed by atoms with van der Waals surface area (Å²) in [7, 11) is 3.44. The third-order valence-electron chi connectivity index (χ3n) is 7.07. The molecule has 2 heterocycles. The highest BCUT2D eigenvalue weighted by molar-refractivity contribution is 6.31. The van der Waals surface area contributed by atoms with E-state index < -0.39 is 18.0 Å². The van der Waals surface area contributed by atoms with Crippen molar-refractivity contribution in [3.63, 3.8) is 0 Å². The Morgan fingerprint density at radius 3 is 2.73 bits per heavy atom. The Morgan fingerprint density at radius 1 is 1.15 bits per heavy atom. The van der Waals surface area contributed by atoms with Crippen LogP contribution in [-0.4, -0.2) is 63.7 Å². The van der Waals surface area contributed by atoms with Crippen molar-refractivity contribution in [1.82, 2.24) is 10.6 Å². The summed E-state index contributed by atoms with van der Waals surface area (Å²) in [4.78, 5) is 53.5. The molecule has 4 amide bonds. The van der Waals surface area contributed by atoms with Crippen LogP contribution in [0, 0.1) is 0 Å². The number of piperidine rings is 1. The fraction of sp³-hybridized carbons (Fsp3) is 0.310. The van der Waals surface area contributed by atoms with Gasteiger partial charge in [-0.1, -0.05) is 29.8 Å². The second-order valence-electron chi connectivity index (χ2n) is 9.66. The van der Waals surface area contributed by atoms with E-state index in [0.717, 1.165) is 12.1 Å². The molecule has 1 atom stereocenters. The minimum Gasteiger partial charge on any atom is -0.410 e. The minimum absolute atomic E-state index is 0.150. The van der Waals surface area contributed by atoms with Crippen LogP contribution in [-0.2, 0) is 20.7 Å². The van der Waals surface area contributed by atoms with Gasteiger partial charge >= 0.3 is 6.09 Å². The molecule has 3 aromatic carbocycles. The predicted molar refractivity (Wildman–Crippen MR) is 151 cm³/mol. The monoisotopic (exact) mass is 564 g/mol. The number of nitrogens with one attached hydrogen (secondary N) is 2. The van der Waals surface area contributed by atoms with E-state index in [4.69, 9.17) is 21.1 Å². The molecule has 11 heteroatoms. The van der Waals surface area contributed by atoms with Crippen molar-refractivity contribution in [2.75, 3.05) is 43.7 Å². The topological polar surface area (TPSA) is 117 Å². The Labute approximate surface area is 236 Å². The summed E-state index contributed by atoms with van der Waals surface area (Å²) in [6, 6.07) is 13.1. The first kappa shape index (κ1) is 27.6. The summed E-state index contributed by atoms with van der Waals surface area (Å²) < 4.78 is 11.2. The van der Waals surface area contributed by atoms with Gasteiger partial charge in [0.1, 0.15) is 11.8 Å². The molecule has 3 aromatic rings. The van der Waals surface area contributed by atoms with Crippen LogP contribution in [0.1, 0.15) is 28.8 Å². The molecule has 0 aliphatic carbocycles. The van der Waals surface area contributed by atoms with Crippen molar-refractivity contribution in [2.45, 2.75) is 25.3 Å². The van der Waals surface area contributed by atoms with Gasteiger partial charge in [0.05, 0.1) is 24.5 Å². The molecule has 2 aliphatic heterocycles. The zero-order chi connectivity index (χ0) is 28.4. The second kappa shape index (κ2) is 11.6. The number of hydrogen-bond acceptors (Lipinski definition) is 7. The highest BCUT2D eigenvalue weighted by Crippen LogP contribution is 2.41. The van der Waals surface area contributed by atoms with E-state index in [1.54, 1.807) is 37.4 Å². The molecule has 208 valence electrons. The molecular formula is C29H29ClN4O6. The van der Waals surface area contributed by atoms with Gasteiger partial charge in [0.2, 0.25) is 11.8 Å². The summed E-state index contributed by atoms with van der Waals surface area (Å²) in [5.74, 6) is -1.05. The number of imide groups is 1. The predicted octanol–water partition coefficient (Wildman–Crippen LogP) is 3.67. The molecule has 0 radical (unpaired) electrons. The number of amides is 4. The summed E-state index contributed by atoms with van der Waals surface area (Å²) >= 11 is 6.47. The number of rotatable bonds is 9. The van der Waals surface area contributed by atoms with Crippen LogP contribution < -0.4 is 25.2 Å². The third-order valence-corrected chi connectivity index (χ3v) is 7.43. The van der Waals surface area contributed by atoms with Crippen LogP contribution in [0.2, 0.25) is 5.02 Å². The zero-order valence-electron chi connectivity index (χ0n) is 22.2. The molecule has 0 bridgehead atoms. The largest absolute Gasteiger partial charge is 0.419 e.